The lowest BCUT2D eigenvalue weighted by Crippen LogP contribution is -2.46. The summed E-state index contributed by atoms with van der Waals surface area (Å²) in [6.45, 7) is 4.82. The molecule has 1 aromatic rings. The van der Waals surface area contributed by atoms with Gasteiger partial charge in [-0.15, -0.1) is 0 Å². The van der Waals surface area contributed by atoms with E-state index in [1.165, 1.54) is 0 Å². The average Bonchev–Trinajstić information content (AvgIpc) is 3.32. The first-order valence-electron chi connectivity index (χ1n) is 8.82. The van der Waals surface area contributed by atoms with Gasteiger partial charge in [-0.2, -0.15) is 0 Å². The van der Waals surface area contributed by atoms with Gasteiger partial charge in [-0.05, 0) is 56.2 Å². The van der Waals surface area contributed by atoms with Crippen LogP contribution in [0.5, 0.6) is 0 Å². The van der Waals surface area contributed by atoms with Crippen LogP contribution < -0.4 is 5.32 Å². The Morgan fingerprint density at radius 2 is 2.04 bits per heavy atom. The van der Waals surface area contributed by atoms with E-state index in [0.717, 1.165) is 19.3 Å². The van der Waals surface area contributed by atoms with Crippen molar-refractivity contribution in [3.8, 4) is 0 Å². The summed E-state index contributed by atoms with van der Waals surface area (Å²) in [5.74, 6) is 0.732. The molecule has 2 N–H and O–H groups in total. The Morgan fingerprint density at radius 3 is 2.71 bits per heavy atom. The van der Waals surface area contributed by atoms with Gasteiger partial charge in [0.2, 0.25) is 5.91 Å². The molecule has 1 heterocycles. The summed E-state index contributed by atoms with van der Waals surface area (Å²) < 4.78 is 0. The van der Waals surface area contributed by atoms with Gasteiger partial charge in [0.25, 0.3) is 5.91 Å². The number of anilines is 1. The maximum atomic E-state index is 12.8. The fourth-order valence-electron chi connectivity index (χ4n) is 3.43. The van der Waals surface area contributed by atoms with Crippen LogP contribution in [0.25, 0.3) is 0 Å². The number of benzene rings is 1. The first-order chi connectivity index (χ1) is 11.5. The number of piperidine rings is 1. The van der Waals surface area contributed by atoms with Crippen LogP contribution in [-0.4, -0.2) is 41.0 Å². The van der Waals surface area contributed by atoms with E-state index >= 15 is 0 Å². The molecular formula is C19H26N2O3. The van der Waals surface area contributed by atoms with Crippen molar-refractivity contribution in [2.75, 3.05) is 18.5 Å². The van der Waals surface area contributed by atoms with Crippen LogP contribution >= 0.6 is 0 Å². The number of hydrogen-bond donors (Lipinski definition) is 2. The van der Waals surface area contributed by atoms with Crippen molar-refractivity contribution >= 4 is 17.5 Å². The van der Waals surface area contributed by atoms with E-state index in [4.69, 9.17) is 0 Å². The standard InChI is InChI=1S/C19H26N2O3/c1-12-8-17(12)18(23)20-16-5-3-4-15(9-16)19(24)21-10-14(11-22)7-6-13(21)2/h3-5,9,12-14,17,22H,6-8,10-11H2,1-2H3,(H,20,23). The SMILES string of the molecule is CC1CC1C(=O)Nc1cccc(C(=O)N2CC(CO)CCC2C)c1. The lowest BCUT2D eigenvalue weighted by Gasteiger charge is -2.37. The summed E-state index contributed by atoms with van der Waals surface area (Å²) in [5, 5.41) is 12.3. The maximum Gasteiger partial charge on any atom is 0.254 e. The number of nitrogens with one attached hydrogen (secondary N) is 1. The highest BCUT2D eigenvalue weighted by molar-refractivity contribution is 5.98. The minimum absolute atomic E-state index is 0.0310. The smallest absolute Gasteiger partial charge is 0.254 e. The first-order valence-corrected chi connectivity index (χ1v) is 8.82. The van der Waals surface area contributed by atoms with Gasteiger partial charge in [0.1, 0.15) is 0 Å². The molecule has 0 spiro atoms. The molecule has 1 saturated heterocycles. The second kappa shape index (κ2) is 6.93. The topological polar surface area (TPSA) is 69.6 Å². The molecule has 5 nitrogen and oxygen atoms in total. The summed E-state index contributed by atoms with van der Waals surface area (Å²) in [7, 11) is 0. The van der Waals surface area contributed by atoms with Gasteiger partial charge >= 0.3 is 0 Å². The van der Waals surface area contributed by atoms with Gasteiger partial charge in [-0.25, -0.2) is 0 Å². The number of hydrogen-bond acceptors (Lipinski definition) is 3. The molecule has 0 bridgehead atoms. The Balaban J connectivity index is 1.70. The third kappa shape index (κ3) is 3.61. The van der Waals surface area contributed by atoms with E-state index < -0.39 is 0 Å². The number of rotatable bonds is 4. The summed E-state index contributed by atoms with van der Waals surface area (Å²) in [6.07, 6.45) is 2.81. The lowest BCUT2D eigenvalue weighted by molar-refractivity contribution is -0.117. The van der Waals surface area contributed by atoms with Crippen molar-refractivity contribution in [3.63, 3.8) is 0 Å². The minimum atomic E-state index is -0.0310. The number of amides is 2. The van der Waals surface area contributed by atoms with E-state index in [9.17, 15) is 14.7 Å². The predicted octanol–water partition coefficient (Wildman–Crippen LogP) is 2.51. The molecule has 2 aliphatic rings. The van der Waals surface area contributed by atoms with Gasteiger partial charge in [-0.1, -0.05) is 13.0 Å². The molecular weight excluding hydrogens is 304 g/mol. The van der Waals surface area contributed by atoms with Gasteiger partial charge in [0, 0.05) is 36.4 Å². The fraction of sp³-hybridized carbons (Fsp3) is 0.579. The Morgan fingerprint density at radius 1 is 1.29 bits per heavy atom. The highest BCUT2D eigenvalue weighted by Gasteiger charge is 2.39. The van der Waals surface area contributed by atoms with Crippen molar-refractivity contribution in [2.45, 2.75) is 39.2 Å². The third-order valence-corrected chi connectivity index (χ3v) is 5.32. The second-order valence-corrected chi connectivity index (χ2v) is 7.32. The van der Waals surface area contributed by atoms with Crippen LogP contribution in [0, 0.1) is 17.8 Å². The molecule has 5 heteroatoms. The van der Waals surface area contributed by atoms with Crippen molar-refractivity contribution in [2.24, 2.45) is 17.8 Å². The zero-order valence-corrected chi connectivity index (χ0v) is 14.4. The molecule has 24 heavy (non-hydrogen) atoms. The van der Waals surface area contributed by atoms with Gasteiger partial charge in [0.15, 0.2) is 0 Å². The van der Waals surface area contributed by atoms with Crippen LogP contribution in [0.4, 0.5) is 5.69 Å². The van der Waals surface area contributed by atoms with Crippen molar-refractivity contribution in [1.82, 2.24) is 4.90 Å². The number of carbonyl (C=O) groups excluding carboxylic acids is 2. The highest BCUT2D eigenvalue weighted by Crippen LogP contribution is 2.38. The van der Waals surface area contributed by atoms with E-state index in [-0.39, 0.29) is 36.3 Å². The summed E-state index contributed by atoms with van der Waals surface area (Å²) in [4.78, 5) is 26.7. The van der Waals surface area contributed by atoms with Crippen LogP contribution in [0.15, 0.2) is 24.3 Å². The van der Waals surface area contributed by atoms with E-state index in [0.29, 0.717) is 23.7 Å². The average molecular weight is 330 g/mol. The van der Waals surface area contributed by atoms with Gasteiger partial charge in [-0.3, -0.25) is 9.59 Å². The molecule has 1 aromatic carbocycles. The minimum Gasteiger partial charge on any atom is -0.396 e. The van der Waals surface area contributed by atoms with Crippen LogP contribution in [0.2, 0.25) is 0 Å². The molecule has 3 rings (SSSR count). The van der Waals surface area contributed by atoms with E-state index in [2.05, 4.69) is 12.2 Å². The summed E-state index contributed by atoms with van der Waals surface area (Å²) in [5.41, 5.74) is 1.26. The van der Waals surface area contributed by atoms with E-state index in [1.54, 1.807) is 18.2 Å². The van der Waals surface area contributed by atoms with Crippen LogP contribution in [-0.2, 0) is 4.79 Å². The Hall–Kier alpha value is -1.88. The quantitative estimate of drug-likeness (QED) is 0.891. The maximum absolute atomic E-state index is 12.8. The Labute approximate surface area is 143 Å². The molecule has 4 unspecified atom stereocenters. The highest BCUT2D eigenvalue weighted by atomic mass is 16.3. The number of aliphatic hydroxyl groups excluding tert-OH is 1. The largest absolute Gasteiger partial charge is 0.396 e. The zero-order valence-electron chi connectivity index (χ0n) is 14.4. The number of aliphatic hydroxyl groups is 1. The second-order valence-electron chi connectivity index (χ2n) is 7.32. The number of nitrogens with zero attached hydrogens (tertiary/aromatic N) is 1. The summed E-state index contributed by atoms with van der Waals surface area (Å²) >= 11 is 0. The third-order valence-electron chi connectivity index (χ3n) is 5.32. The Bertz CT molecular complexity index is 631. The lowest BCUT2D eigenvalue weighted by atomic mass is 9.93. The predicted molar refractivity (Wildman–Crippen MR) is 92.7 cm³/mol. The van der Waals surface area contributed by atoms with Crippen molar-refractivity contribution in [3.05, 3.63) is 29.8 Å². The van der Waals surface area contributed by atoms with E-state index in [1.807, 2.05) is 17.9 Å². The molecule has 1 aliphatic carbocycles. The molecule has 4 atom stereocenters. The van der Waals surface area contributed by atoms with Crippen molar-refractivity contribution in [1.29, 1.82) is 0 Å². The normalized spacial score (nSPS) is 29.2. The monoisotopic (exact) mass is 330 g/mol. The molecule has 1 aliphatic heterocycles. The molecule has 0 aromatic heterocycles. The van der Waals surface area contributed by atoms with Gasteiger partial charge < -0.3 is 15.3 Å². The Kier molecular flexibility index (Phi) is 4.90. The fourth-order valence-corrected chi connectivity index (χ4v) is 3.43. The molecule has 2 fully saturated rings. The van der Waals surface area contributed by atoms with Crippen molar-refractivity contribution < 1.29 is 14.7 Å². The zero-order chi connectivity index (χ0) is 17.3. The first kappa shape index (κ1) is 17.0. The van der Waals surface area contributed by atoms with Gasteiger partial charge in [0.05, 0.1) is 0 Å². The molecule has 130 valence electrons. The molecule has 1 saturated carbocycles. The molecule has 0 radical (unpaired) electrons. The molecule has 2 amide bonds. The van der Waals surface area contributed by atoms with Crippen LogP contribution in [0.3, 0.4) is 0 Å². The number of likely N-dealkylation sites (tertiary alicyclic amines) is 1. The van der Waals surface area contributed by atoms with Crippen LogP contribution in [0.1, 0.15) is 43.5 Å². The number of carbonyl (C=O) groups is 2. The summed E-state index contributed by atoms with van der Waals surface area (Å²) in [6, 6.07) is 7.33.